The average molecular weight is 475 g/mol. The van der Waals surface area contributed by atoms with Gasteiger partial charge in [0.2, 0.25) is 0 Å². The number of H-pyrrole nitrogens is 1. The van der Waals surface area contributed by atoms with E-state index in [2.05, 4.69) is 20.8 Å². The van der Waals surface area contributed by atoms with Gasteiger partial charge < -0.3 is 15.0 Å². The molecule has 172 valence electrons. The number of benzene rings is 3. The number of fused-ring (bicyclic) bond motifs is 1. The molecule has 0 fully saturated rings. The van der Waals surface area contributed by atoms with Crippen molar-refractivity contribution in [3.8, 4) is 0 Å². The molecule has 8 heteroatoms. The van der Waals surface area contributed by atoms with Crippen LogP contribution in [-0.2, 0) is 22.6 Å². The van der Waals surface area contributed by atoms with Crippen molar-refractivity contribution < 1.29 is 14.3 Å². The van der Waals surface area contributed by atoms with Gasteiger partial charge in [0.05, 0.1) is 6.21 Å². The number of carbonyl (C=O) groups is 2. The van der Waals surface area contributed by atoms with Crippen LogP contribution < -0.4 is 10.7 Å². The van der Waals surface area contributed by atoms with Crippen LogP contribution in [0.2, 0.25) is 5.02 Å². The number of hydrazone groups is 1. The second-order valence-corrected chi connectivity index (χ2v) is 8.04. The molecule has 1 atom stereocenters. The lowest BCUT2D eigenvalue weighted by molar-refractivity contribution is -0.123. The number of hydrogen-bond donors (Lipinski definition) is 3. The molecule has 1 heterocycles. The number of carbonyl (C=O) groups excluding carboxylic acids is 2. The number of nitrogens with zero attached hydrogens (tertiary/aromatic N) is 1. The Kier molecular flexibility index (Phi) is 7.57. The minimum absolute atomic E-state index is 0.100. The van der Waals surface area contributed by atoms with E-state index in [4.69, 9.17) is 16.3 Å². The minimum atomic E-state index is -0.898. The highest BCUT2D eigenvalue weighted by Crippen LogP contribution is 2.19. The van der Waals surface area contributed by atoms with Gasteiger partial charge in [0, 0.05) is 28.5 Å². The van der Waals surface area contributed by atoms with E-state index in [1.165, 1.54) is 6.21 Å². The maximum Gasteiger partial charge on any atom is 0.408 e. The number of nitrogens with one attached hydrogen (secondary N) is 3. The van der Waals surface area contributed by atoms with Crippen LogP contribution in [0, 0.1) is 0 Å². The predicted octanol–water partition coefficient (Wildman–Crippen LogP) is 4.81. The van der Waals surface area contributed by atoms with Crippen LogP contribution in [0.25, 0.3) is 10.9 Å². The van der Waals surface area contributed by atoms with Crippen molar-refractivity contribution in [1.82, 2.24) is 15.7 Å². The Morgan fingerprint density at radius 1 is 1.00 bits per heavy atom. The van der Waals surface area contributed by atoms with Gasteiger partial charge in [-0.3, -0.25) is 4.79 Å². The molecule has 7 nitrogen and oxygen atoms in total. The molecule has 4 rings (SSSR count). The van der Waals surface area contributed by atoms with Crippen LogP contribution in [0.4, 0.5) is 4.79 Å². The van der Waals surface area contributed by atoms with Crippen LogP contribution >= 0.6 is 11.6 Å². The van der Waals surface area contributed by atoms with Crippen LogP contribution in [0.5, 0.6) is 0 Å². The van der Waals surface area contributed by atoms with Gasteiger partial charge in [0.15, 0.2) is 0 Å². The van der Waals surface area contributed by atoms with Gasteiger partial charge in [-0.15, -0.1) is 0 Å². The zero-order valence-electron chi connectivity index (χ0n) is 18.2. The number of aromatic amines is 1. The number of para-hydroxylation sites is 1. The highest BCUT2D eigenvalue weighted by Gasteiger charge is 2.23. The molecule has 34 heavy (non-hydrogen) atoms. The molecule has 0 spiro atoms. The fourth-order valence-corrected chi connectivity index (χ4v) is 3.56. The largest absolute Gasteiger partial charge is 0.445 e. The van der Waals surface area contributed by atoms with Gasteiger partial charge >= 0.3 is 6.09 Å². The molecule has 4 aromatic rings. The first-order valence-electron chi connectivity index (χ1n) is 10.7. The topological polar surface area (TPSA) is 95.6 Å². The normalized spacial score (nSPS) is 11.9. The molecule has 0 unspecified atom stereocenters. The van der Waals surface area contributed by atoms with E-state index in [9.17, 15) is 9.59 Å². The Bertz CT molecular complexity index is 1290. The van der Waals surface area contributed by atoms with Crippen LogP contribution in [-0.4, -0.2) is 29.2 Å². The first-order chi connectivity index (χ1) is 16.6. The van der Waals surface area contributed by atoms with E-state index in [-0.39, 0.29) is 13.0 Å². The molecule has 0 saturated carbocycles. The molecule has 0 aliphatic heterocycles. The third kappa shape index (κ3) is 6.24. The summed E-state index contributed by atoms with van der Waals surface area (Å²) >= 11 is 5.89. The monoisotopic (exact) mass is 474 g/mol. The SMILES string of the molecule is O=C(N[C@@H](Cc1c[nH]c2ccccc12)C(=O)N/N=C\c1ccc(Cl)cc1)OCc1ccccc1. The van der Waals surface area contributed by atoms with Crippen molar-refractivity contribution >= 4 is 40.7 Å². The lowest BCUT2D eigenvalue weighted by Crippen LogP contribution is -2.47. The first-order valence-corrected chi connectivity index (χ1v) is 11.1. The number of halogens is 1. The molecule has 3 N–H and O–H groups in total. The summed E-state index contributed by atoms with van der Waals surface area (Å²) in [6, 6.07) is 23.2. The number of hydrogen-bond acceptors (Lipinski definition) is 4. The van der Waals surface area contributed by atoms with E-state index in [0.29, 0.717) is 5.02 Å². The van der Waals surface area contributed by atoms with Crippen molar-refractivity contribution in [2.45, 2.75) is 19.1 Å². The van der Waals surface area contributed by atoms with E-state index in [0.717, 1.165) is 27.6 Å². The first kappa shape index (κ1) is 23.1. The summed E-state index contributed by atoms with van der Waals surface area (Å²) in [7, 11) is 0. The highest BCUT2D eigenvalue weighted by molar-refractivity contribution is 6.30. The predicted molar refractivity (Wildman–Crippen MR) is 133 cm³/mol. The Morgan fingerprint density at radius 3 is 2.53 bits per heavy atom. The zero-order chi connectivity index (χ0) is 23.8. The molecule has 0 saturated heterocycles. The van der Waals surface area contributed by atoms with Crippen molar-refractivity contribution in [2.75, 3.05) is 0 Å². The van der Waals surface area contributed by atoms with E-state index >= 15 is 0 Å². The third-order valence-electron chi connectivity index (χ3n) is 5.18. The Hall–Kier alpha value is -4.10. The van der Waals surface area contributed by atoms with Crippen LogP contribution in [0.1, 0.15) is 16.7 Å². The summed E-state index contributed by atoms with van der Waals surface area (Å²) in [6.45, 7) is 0.100. The minimum Gasteiger partial charge on any atom is -0.445 e. The number of aromatic nitrogens is 1. The van der Waals surface area contributed by atoms with Gasteiger partial charge in [-0.1, -0.05) is 72.3 Å². The fourth-order valence-electron chi connectivity index (χ4n) is 3.43. The van der Waals surface area contributed by atoms with Crippen LogP contribution in [0.3, 0.4) is 0 Å². The second-order valence-electron chi connectivity index (χ2n) is 7.61. The maximum absolute atomic E-state index is 12.9. The second kappa shape index (κ2) is 11.2. The highest BCUT2D eigenvalue weighted by atomic mass is 35.5. The van der Waals surface area contributed by atoms with Gasteiger partial charge in [0.25, 0.3) is 5.91 Å². The van der Waals surface area contributed by atoms with Gasteiger partial charge in [0.1, 0.15) is 12.6 Å². The quantitative estimate of drug-likeness (QED) is 0.252. The summed E-state index contributed by atoms with van der Waals surface area (Å²) in [5.41, 5.74) is 5.96. The van der Waals surface area contributed by atoms with Crippen LogP contribution in [0.15, 0.2) is 90.2 Å². The summed E-state index contributed by atoms with van der Waals surface area (Å²) < 4.78 is 5.31. The Balaban J connectivity index is 1.45. The summed E-state index contributed by atoms with van der Waals surface area (Å²) in [6.07, 6.45) is 2.90. The standard InChI is InChI=1S/C26H23ClN4O3/c27-21-12-10-18(11-13-21)15-29-31-25(32)24(14-20-16-28-23-9-5-4-8-22(20)23)30-26(33)34-17-19-6-2-1-3-7-19/h1-13,15-16,24,28H,14,17H2,(H,30,33)(H,31,32)/b29-15-/t24-/m0/s1. The average Bonchev–Trinajstić information content (AvgIpc) is 3.27. The lowest BCUT2D eigenvalue weighted by atomic mass is 10.0. The molecule has 3 aromatic carbocycles. The molecule has 0 aliphatic carbocycles. The maximum atomic E-state index is 12.9. The fraction of sp³-hybridized carbons (Fsp3) is 0.115. The van der Waals surface area contributed by atoms with Gasteiger partial charge in [-0.05, 0) is 34.9 Å². The molecule has 0 bridgehead atoms. The van der Waals surface area contributed by atoms with Crippen molar-refractivity contribution in [3.63, 3.8) is 0 Å². The van der Waals surface area contributed by atoms with Crippen molar-refractivity contribution in [3.05, 3.63) is 107 Å². The lowest BCUT2D eigenvalue weighted by Gasteiger charge is -2.17. The molecule has 0 radical (unpaired) electrons. The molecular weight excluding hydrogens is 452 g/mol. The van der Waals surface area contributed by atoms with E-state index < -0.39 is 18.0 Å². The number of amides is 2. The Morgan fingerprint density at radius 2 is 1.74 bits per heavy atom. The van der Waals surface area contributed by atoms with Crippen molar-refractivity contribution in [2.24, 2.45) is 5.10 Å². The zero-order valence-corrected chi connectivity index (χ0v) is 19.0. The third-order valence-corrected chi connectivity index (χ3v) is 5.43. The molecular formula is C26H23ClN4O3. The van der Waals surface area contributed by atoms with Gasteiger partial charge in [-0.2, -0.15) is 5.10 Å². The van der Waals surface area contributed by atoms with Gasteiger partial charge in [-0.25, -0.2) is 10.2 Å². The summed E-state index contributed by atoms with van der Waals surface area (Å²) in [5.74, 6) is -0.466. The summed E-state index contributed by atoms with van der Waals surface area (Å²) in [4.78, 5) is 28.6. The number of ether oxygens (including phenoxy) is 1. The Labute approximate surface area is 201 Å². The molecule has 1 aromatic heterocycles. The summed E-state index contributed by atoms with van der Waals surface area (Å²) in [5, 5.41) is 8.27. The molecule has 0 aliphatic rings. The van der Waals surface area contributed by atoms with Crippen molar-refractivity contribution in [1.29, 1.82) is 0 Å². The van der Waals surface area contributed by atoms with E-state index in [1.54, 1.807) is 24.3 Å². The molecule has 2 amide bonds. The smallest absolute Gasteiger partial charge is 0.408 e. The number of alkyl carbamates (subject to hydrolysis) is 1. The number of rotatable bonds is 8. The van der Waals surface area contributed by atoms with E-state index in [1.807, 2.05) is 60.8 Å².